The SMILES string of the molecule is C[C@]1(F)CCCNC1. The smallest absolute Gasteiger partial charge is 0.120 e. The molecule has 1 nitrogen and oxygen atoms in total. The second-order valence-corrected chi connectivity index (χ2v) is 2.69. The summed E-state index contributed by atoms with van der Waals surface area (Å²) in [4.78, 5) is 0. The van der Waals surface area contributed by atoms with E-state index in [-0.39, 0.29) is 0 Å². The summed E-state index contributed by atoms with van der Waals surface area (Å²) in [6.45, 7) is 3.17. The van der Waals surface area contributed by atoms with Crippen LogP contribution in [0.4, 0.5) is 4.39 Å². The maximum absolute atomic E-state index is 12.8. The first-order valence-electron chi connectivity index (χ1n) is 3.10. The van der Waals surface area contributed by atoms with E-state index in [0.29, 0.717) is 6.54 Å². The van der Waals surface area contributed by atoms with Gasteiger partial charge in [0, 0.05) is 6.54 Å². The molecule has 0 aromatic carbocycles. The maximum Gasteiger partial charge on any atom is 0.120 e. The van der Waals surface area contributed by atoms with Crippen LogP contribution in [0.25, 0.3) is 0 Å². The van der Waals surface area contributed by atoms with Gasteiger partial charge in [-0.2, -0.15) is 0 Å². The van der Waals surface area contributed by atoms with Crippen molar-refractivity contribution in [1.82, 2.24) is 5.32 Å². The van der Waals surface area contributed by atoms with Crippen LogP contribution in [0.2, 0.25) is 0 Å². The lowest BCUT2D eigenvalue weighted by Gasteiger charge is -2.25. The molecule has 1 heterocycles. The lowest BCUT2D eigenvalue weighted by molar-refractivity contribution is 0.145. The average molecular weight is 117 g/mol. The third-order valence-electron chi connectivity index (χ3n) is 1.55. The predicted molar refractivity (Wildman–Crippen MR) is 31.6 cm³/mol. The van der Waals surface area contributed by atoms with Gasteiger partial charge in [-0.05, 0) is 26.3 Å². The molecule has 0 unspecified atom stereocenters. The molecule has 1 fully saturated rings. The highest BCUT2D eigenvalue weighted by molar-refractivity contribution is 4.80. The Bertz CT molecular complexity index is 72.6. The second-order valence-electron chi connectivity index (χ2n) is 2.69. The third kappa shape index (κ3) is 1.44. The molecule has 1 saturated heterocycles. The van der Waals surface area contributed by atoms with E-state index in [4.69, 9.17) is 0 Å². The zero-order valence-electron chi connectivity index (χ0n) is 5.21. The summed E-state index contributed by atoms with van der Waals surface area (Å²) < 4.78 is 12.8. The molecule has 1 N–H and O–H groups in total. The highest BCUT2D eigenvalue weighted by Crippen LogP contribution is 2.18. The van der Waals surface area contributed by atoms with Crippen molar-refractivity contribution >= 4 is 0 Å². The Morgan fingerprint density at radius 1 is 1.62 bits per heavy atom. The molecule has 2 heteroatoms. The average Bonchev–Trinajstić information content (AvgIpc) is 1.65. The minimum absolute atomic E-state index is 0.535. The van der Waals surface area contributed by atoms with Crippen molar-refractivity contribution in [2.45, 2.75) is 25.4 Å². The molecule has 0 amide bonds. The van der Waals surface area contributed by atoms with E-state index in [2.05, 4.69) is 5.32 Å². The van der Waals surface area contributed by atoms with E-state index >= 15 is 0 Å². The summed E-state index contributed by atoms with van der Waals surface area (Å²) >= 11 is 0. The molecule has 0 spiro atoms. The number of halogens is 1. The first kappa shape index (κ1) is 6.02. The fraction of sp³-hybridized carbons (Fsp3) is 1.00. The van der Waals surface area contributed by atoms with Gasteiger partial charge < -0.3 is 5.32 Å². The lowest BCUT2D eigenvalue weighted by Crippen LogP contribution is -2.39. The Balaban J connectivity index is 2.33. The van der Waals surface area contributed by atoms with Crippen LogP contribution in [0.5, 0.6) is 0 Å². The van der Waals surface area contributed by atoms with Crippen LogP contribution in [0, 0.1) is 0 Å². The van der Waals surface area contributed by atoms with E-state index in [1.54, 1.807) is 6.92 Å². The molecule has 0 aromatic heterocycles. The first-order valence-corrected chi connectivity index (χ1v) is 3.10. The van der Waals surface area contributed by atoms with Gasteiger partial charge in [-0.25, -0.2) is 4.39 Å². The van der Waals surface area contributed by atoms with Gasteiger partial charge in [-0.3, -0.25) is 0 Å². The summed E-state index contributed by atoms with van der Waals surface area (Å²) in [5.74, 6) is 0. The second kappa shape index (κ2) is 2.02. The number of alkyl halides is 1. The predicted octanol–water partition coefficient (Wildman–Crippen LogP) is 1.10. The van der Waals surface area contributed by atoms with Gasteiger partial charge >= 0.3 is 0 Å². The summed E-state index contributed by atoms with van der Waals surface area (Å²) in [5.41, 5.74) is -0.932. The van der Waals surface area contributed by atoms with Gasteiger partial charge in [0.2, 0.25) is 0 Å². The zero-order valence-corrected chi connectivity index (χ0v) is 5.21. The molecule has 1 rings (SSSR count). The van der Waals surface area contributed by atoms with E-state index in [1.807, 2.05) is 0 Å². The van der Waals surface area contributed by atoms with E-state index < -0.39 is 5.67 Å². The molecule has 0 aliphatic carbocycles. The Kier molecular flexibility index (Phi) is 1.52. The van der Waals surface area contributed by atoms with Gasteiger partial charge in [0.1, 0.15) is 5.67 Å². The van der Waals surface area contributed by atoms with E-state index in [9.17, 15) is 4.39 Å². The first-order chi connectivity index (χ1) is 3.71. The molecule has 0 saturated carbocycles. The number of hydrogen-bond donors (Lipinski definition) is 1. The molecule has 1 aliphatic heterocycles. The molecule has 1 atom stereocenters. The van der Waals surface area contributed by atoms with Crippen LogP contribution in [-0.4, -0.2) is 18.8 Å². The molecular weight excluding hydrogens is 105 g/mol. The minimum Gasteiger partial charge on any atom is -0.314 e. The van der Waals surface area contributed by atoms with Crippen molar-refractivity contribution in [3.8, 4) is 0 Å². The van der Waals surface area contributed by atoms with Crippen molar-refractivity contribution in [2.24, 2.45) is 0 Å². The van der Waals surface area contributed by atoms with Crippen molar-refractivity contribution in [1.29, 1.82) is 0 Å². The molecule has 0 bridgehead atoms. The standard InChI is InChI=1S/C6H12FN/c1-6(7)3-2-4-8-5-6/h8H,2-5H2,1H3/t6-/m0/s1. The van der Waals surface area contributed by atoms with E-state index in [0.717, 1.165) is 19.4 Å². The largest absolute Gasteiger partial charge is 0.314 e. The number of piperidine rings is 1. The molecule has 0 radical (unpaired) electrons. The Morgan fingerprint density at radius 3 is 2.62 bits per heavy atom. The molecular formula is C6H12FN. The molecule has 8 heavy (non-hydrogen) atoms. The molecule has 1 aliphatic rings. The lowest BCUT2D eigenvalue weighted by atomic mass is 9.99. The van der Waals surface area contributed by atoms with Crippen molar-refractivity contribution in [3.63, 3.8) is 0 Å². The van der Waals surface area contributed by atoms with Crippen LogP contribution < -0.4 is 5.32 Å². The Morgan fingerprint density at radius 2 is 2.38 bits per heavy atom. The van der Waals surface area contributed by atoms with Gasteiger partial charge in [-0.1, -0.05) is 0 Å². The summed E-state index contributed by atoms with van der Waals surface area (Å²) in [5, 5.41) is 3.00. The van der Waals surface area contributed by atoms with Crippen LogP contribution in [0.3, 0.4) is 0 Å². The van der Waals surface area contributed by atoms with Crippen molar-refractivity contribution < 1.29 is 4.39 Å². The van der Waals surface area contributed by atoms with E-state index in [1.165, 1.54) is 0 Å². The zero-order chi connectivity index (χ0) is 6.04. The Hall–Kier alpha value is -0.110. The van der Waals surface area contributed by atoms with Gasteiger partial charge in [-0.15, -0.1) is 0 Å². The minimum atomic E-state index is -0.932. The van der Waals surface area contributed by atoms with Crippen LogP contribution in [0.15, 0.2) is 0 Å². The Labute approximate surface area is 49.3 Å². The van der Waals surface area contributed by atoms with Crippen LogP contribution in [-0.2, 0) is 0 Å². The maximum atomic E-state index is 12.8. The molecule has 0 aromatic rings. The van der Waals surface area contributed by atoms with Gasteiger partial charge in [0.25, 0.3) is 0 Å². The number of nitrogens with one attached hydrogen (secondary N) is 1. The summed E-state index contributed by atoms with van der Waals surface area (Å²) in [7, 11) is 0. The quantitative estimate of drug-likeness (QED) is 0.501. The fourth-order valence-electron chi connectivity index (χ4n) is 1.02. The summed E-state index contributed by atoms with van der Waals surface area (Å²) in [6.07, 6.45) is 1.70. The summed E-state index contributed by atoms with van der Waals surface area (Å²) in [6, 6.07) is 0. The van der Waals surface area contributed by atoms with Gasteiger partial charge in [0.05, 0.1) is 0 Å². The monoisotopic (exact) mass is 117 g/mol. The van der Waals surface area contributed by atoms with Crippen molar-refractivity contribution in [2.75, 3.05) is 13.1 Å². The normalized spacial score (nSPS) is 39.8. The van der Waals surface area contributed by atoms with Gasteiger partial charge in [0.15, 0.2) is 0 Å². The third-order valence-corrected chi connectivity index (χ3v) is 1.55. The highest BCUT2D eigenvalue weighted by atomic mass is 19.1. The molecule has 48 valence electrons. The van der Waals surface area contributed by atoms with Crippen LogP contribution in [0.1, 0.15) is 19.8 Å². The van der Waals surface area contributed by atoms with Crippen LogP contribution >= 0.6 is 0 Å². The topological polar surface area (TPSA) is 12.0 Å². The number of rotatable bonds is 0. The number of hydrogen-bond acceptors (Lipinski definition) is 1. The highest BCUT2D eigenvalue weighted by Gasteiger charge is 2.24. The fourth-order valence-corrected chi connectivity index (χ4v) is 1.02. The van der Waals surface area contributed by atoms with Crippen molar-refractivity contribution in [3.05, 3.63) is 0 Å².